The van der Waals surface area contributed by atoms with Crippen LogP contribution in [-0.2, 0) is 0 Å². The number of allylic oxidation sites excluding steroid dienone is 1. The van der Waals surface area contributed by atoms with Gasteiger partial charge in [0, 0.05) is 17.0 Å². The molecule has 0 spiro atoms. The van der Waals surface area contributed by atoms with Gasteiger partial charge in [-0.25, -0.2) is 0 Å². The minimum Gasteiger partial charge on any atom is -0.492 e. The molecule has 1 heterocycles. The van der Waals surface area contributed by atoms with Gasteiger partial charge in [0.2, 0.25) is 0 Å². The number of ether oxygens (including phenoxy) is 1. The Morgan fingerprint density at radius 2 is 2.27 bits per heavy atom. The Balaban J connectivity index is 2.67. The Morgan fingerprint density at radius 3 is 2.93 bits per heavy atom. The van der Waals surface area contributed by atoms with Gasteiger partial charge >= 0.3 is 0 Å². The summed E-state index contributed by atoms with van der Waals surface area (Å²) < 4.78 is 5.50. The Morgan fingerprint density at radius 1 is 1.53 bits per heavy atom. The zero-order valence-electron chi connectivity index (χ0n) is 8.47. The lowest BCUT2D eigenvalue weighted by Crippen LogP contribution is -2.16. The van der Waals surface area contributed by atoms with Crippen LogP contribution in [-0.4, -0.2) is 12.4 Å². The molecule has 0 fully saturated rings. The van der Waals surface area contributed by atoms with Crippen LogP contribution in [0.1, 0.15) is 29.3 Å². The number of benzene rings is 1. The van der Waals surface area contributed by atoms with Crippen LogP contribution in [0.15, 0.2) is 18.7 Å². The van der Waals surface area contributed by atoms with E-state index in [-0.39, 0.29) is 5.78 Å². The Kier molecular flexibility index (Phi) is 2.53. The summed E-state index contributed by atoms with van der Waals surface area (Å²) in [6, 6.07) is 3.44. The number of carbonyl (C=O) groups is 1. The van der Waals surface area contributed by atoms with Gasteiger partial charge in [-0.05, 0) is 24.6 Å². The quantitative estimate of drug-likeness (QED) is 0.729. The van der Waals surface area contributed by atoms with E-state index < -0.39 is 0 Å². The fourth-order valence-electron chi connectivity index (χ4n) is 1.65. The van der Waals surface area contributed by atoms with Gasteiger partial charge in [0.15, 0.2) is 5.78 Å². The third-order valence-corrected chi connectivity index (χ3v) is 2.61. The molecule has 0 aliphatic carbocycles. The van der Waals surface area contributed by atoms with E-state index in [0.717, 1.165) is 11.1 Å². The lowest BCUT2D eigenvalue weighted by molar-refractivity contribution is 0.0933. The molecular weight excluding hydrogens is 212 g/mol. The molecule has 0 saturated carbocycles. The van der Waals surface area contributed by atoms with Crippen molar-refractivity contribution in [1.29, 1.82) is 0 Å². The molecule has 0 saturated heterocycles. The second-order valence-electron chi connectivity index (χ2n) is 3.63. The molecule has 2 nitrogen and oxygen atoms in total. The van der Waals surface area contributed by atoms with Crippen molar-refractivity contribution in [2.75, 3.05) is 6.61 Å². The minimum absolute atomic E-state index is 0.0845. The van der Waals surface area contributed by atoms with E-state index >= 15 is 0 Å². The molecule has 0 amide bonds. The van der Waals surface area contributed by atoms with Crippen LogP contribution >= 0.6 is 11.6 Å². The van der Waals surface area contributed by atoms with Crippen molar-refractivity contribution in [2.45, 2.75) is 13.3 Å². The molecular formula is C12H11ClO2. The molecule has 1 aliphatic rings. The number of carbonyl (C=O) groups excluding carboxylic acids is 1. The van der Waals surface area contributed by atoms with Gasteiger partial charge < -0.3 is 4.74 Å². The molecule has 0 bridgehead atoms. The highest BCUT2D eigenvalue weighted by atomic mass is 35.5. The average Bonchev–Trinajstić information content (AvgIpc) is 2.18. The number of ketones is 1. The third kappa shape index (κ3) is 1.77. The molecule has 3 heteroatoms. The van der Waals surface area contributed by atoms with E-state index in [1.165, 1.54) is 0 Å². The third-order valence-electron chi connectivity index (χ3n) is 2.39. The van der Waals surface area contributed by atoms with Crippen LogP contribution < -0.4 is 4.74 Å². The summed E-state index contributed by atoms with van der Waals surface area (Å²) in [4.78, 5) is 11.6. The maximum Gasteiger partial charge on any atom is 0.170 e. The lowest BCUT2D eigenvalue weighted by atomic mass is 9.98. The zero-order chi connectivity index (χ0) is 11.0. The molecule has 0 N–H and O–H groups in total. The predicted molar refractivity (Wildman–Crippen MR) is 60.6 cm³/mol. The number of halogens is 1. The standard InChI is InChI=1S/C12H11ClO2/c1-7(2)9-5-8(13)6-10-11(14)3-4-15-12(9)10/h5-6H,1,3-4H2,2H3. The predicted octanol–water partition coefficient (Wildman–Crippen LogP) is 3.34. The van der Waals surface area contributed by atoms with E-state index in [1.54, 1.807) is 12.1 Å². The largest absolute Gasteiger partial charge is 0.492 e. The van der Waals surface area contributed by atoms with Crippen molar-refractivity contribution in [3.8, 4) is 5.75 Å². The molecule has 1 aromatic rings. The van der Waals surface area contributed by atoms with Crippen molar-refractivity contribution in [2.24, 2.45) is 0 Å². The summed E-state index contributed by atoms with van der Waals surface area (Å²) in [6.07, 6.45) is 0.420. The fourth-order valence-corrected chi connectivity index (χ4v) is 1.87. The highest BCUT2D eigenvalue weighted by Gasteiger charge is 2.22. The summed E-state index contributed by atoms with van der Waals surface area (Å²) in [6.45, 7) is 6.16. The van der Waals surface area contributed by atoms with Crippen molar-refractivity contribution in [1.82, 2.24) is 0 Å². The molecule has 0 atom stereocenters. The first-order valence-corrected chi connectivity index (χ1v) is 5.13. The lowest BCUT2D eigenvalue weighted by Gasteiger charge is -2.20. The van der Waals surface area contributed by atoms with Gasteiger partial charge in [0.05, 0.1) is 12.2 Å². The second kappa shape index (κ2) is 3.70. The van der Waals surface area contributed by atoms with Crippen molar-refractivity contribution >= 4 is 23.0 Å². The van der Waals surface area contributed by atoms with E-state index in [2.05, 4.69) is 6.58 Å². The maximum atomic E-state index is 11.6. The fraction of sp³-hybridized carbons (Fsp3) is 0.250. The SMILES string of the molecule is C=C(C)c1cc(Cl)cc2c1OCCC2=O. The van der Waals surface area contributed by atoms with E-state index in [4.69, 9.17) is 16.3 Å². The molecule has 2 rings (SSSR count). The number of Topliss-reactive ketones (excluding diaryl/α,β-unsaturated/α-hetero) is 1. The summed E-state index contributed by atoms with van der Waals surface area (Å²) in [5.74, 6) is 0.712. The minimum atomic E-state index is 0.0845. The highest BCUT2D eigenvalue weighted by Crippen LogP contribution is 2.35. The smallest absolute Gasteiger partial charge is 0.170 e. The second-order valence-corrected chi connectivity index (χ2v) is 4.07. The summed E-state index contributed by atoms with van der Waals surface area (Å²) >= 11 is 5.94. The molecule has 1 aromatic carbocycles. The summed E-state index contributed by atoms with van der Waals surface area (Å²) in [7, 11) is 0. The van der Waals surface area contributed by atoms with Crippen molar-refractivity contribution in [3.63, 3.8) is 0 Å². The van der Waals surface area contributed by atoms with E-state index in [1.807, 2.05) is 6.92 Å². The van der Waals surface area contributed by atoms with Crippen molar-refractivity contribution < 1.29 is 9.53 Å². The first kappa shape index (κ1) is 10.2. The van der Waals surface area contributed by atoms with E-state index in [9.17, 15) is 4.79 Å². The molecule has 0 unspecified atom stereocenters. The number of hydrogen-bond acceptors (Lipinski definition) is 2. The number of rotatable bonds is 1. The van der Waals surface area contributed by atoms with Gasteiger partial charge in [-0.3, -0.25) is 4.79 Å². The monoisotopic (exact) mass is 222 g/mol. The Hall–Kier alpha value is -1.28. The van der Waals surface area contributed by atoms with Gasteiger partial charge in [-0.2, -0.15) is 0 Å². The molecule has 78 valence electrons. The Bertz CT molecular complexity index is 432. The van der Waals surface area contributed by atoms with Crippen molar-refractivity contribution in [3.05, 3.63) is 34.9 Å². The van der Waals surface area contributed by atoms with Gasteiger partial charge in [0.25, 0.3) is 0 Å². The molecule has 0 aromatic heterocycles. The normalized spacial score (nSPS) is 14.4. The topological polar surface area (TPSA) is 26.3 Å². The highest BCUT2D eigenvalue weighted by molar-refractivity contribution is 6.31. The van der Waals surface area contributed by atoms with Crippen LogP contribution in [0.5, 0.6) is 5.75 Å². The van der Waals surface area contributed by atoms with Crippen LogP contribution in [0.3, 0.4) is 0 Å². The average molecular weight is 223 g/mol. The summed E-state index contributed by atoms with van der Waals surface area (Å²) in [5, 5.41) is 0.547. The number of hydrogen-bond donors (Lipinski definition) is 0. The summed E-state index contributed by atoms with van der Waals surface area (Å²) in [5.41, 5.74) is 2.25. The van der Waals surface area contributed by atoms with Gasteiger partial charge in [0.1, 0.15) is 5.75 Å². The van der Waals surface area contributed by atoms with Crippen LogP contribution in [0, 0.1) is 0 Å². The maximum absolute atomic E-state index is 11.6. The number of fused-ring (bicyclic) bond motifs is 1. The first-order chi connectivity index (χ1) is 7.09. The van der Waals surface area contributed by atoms with Gasteiger partial charge in [-0.1, -0.05) is 18.2 Å². The first-order valence-electron chi connectivity index (χ1n) is 4.75. The zero-order valence-corrected chi connectivity index (χ0v) is 9.23. The van der Waals surface area contributed by atoms with E-state index in [0.29, 0.717) is 29.4 Å². The molecule has 1 aliphatic heterocycles. The molecule has 0 radical (unpaired) electrons. The van der Waals surface area contributed by atoms with Crippen LogP contribution in [0.2, 0.25) is 5.02 Å². The van der Waals surface area contributed by atoms with Gasteiger partial charge in [-0.15, -0.1) is 0 Å². The van der Waals surface area contributed by atoms with Crippen LogP contribution in [0.25, 0.3) is 5.57 Å². The molecule has 15 heavy (non-hydrogen) atoms. The van der Waals surface area contributed by atoms with Crippen LogP contribution in [0.4, 0.5) is 0 Å². The Labute approximate surface area is 93.5 Å².